The fraction of sp³-hybridized carbons (Fsp3) is 0.219. The number of benzene rings is 3. The van der Waals surface area contributed by atoms with Crippen molar-refractivity contribution in [1.29, 1.82) is 0 Å². The van der Waals surface area contributed by atoms with E-state index in [-0.39, 0.29) is 17.9 Å². The van der Waals surface area contributed by atoms with Gasteiger partial charge in [0.1, 0.15) is 0 Å². The summed E-state index contributed by atoms with van der Waals surface area (Å²) in [6, 6.07) is 33.3. The maximum Gasteiger partial charge on any atom is 0.253 e. The fourth-order valence-electron chi connectivity index (χ4n) is 5.16. The molecule has 0 bridgehead atoms. The molecule has 5 rings (SSSR count). The van der Waals surface area contributed by atoms with Crippen LogP contribution in [0.1, 0.15) is 47.3 Å². The van der Waals surface area contributed by atoms with E-state index in [2.05, 4.69) is 10.3 Å². The smallest absolute Gasteiger partial charge is 0.253 e. The van der Waals surface area contributed by atoms with E-state index in [0.29, 0.717) is 31.5 Å². The van der Waals surface area contributed by atoms with Crippen molar-refractivity contribution in [2.45, 2.75) is 31.2 Å². The van der Waals surface area contributed by atoms with E-state index in [9.17, 15) is 9.59 Å². The normalized spacial score (nSPS) is 15.5. The number of carbonyl (C=O) groups is 2. The predicted octanol–water partition coefficient (Wildman–Crippen LogP) is 5.80. The molecule has 2 heterocycles. The Kier molecular flexibility index (Phi) is 7.13. The van der Waals surface area contributed by atoms with Crippen LogP contribution < -0.4 is 5.32 Å². The van der Waals surface area contributed by atoms with Crippen molar-refractivity contribution in [3.63, 3.8) is 0 Å². The highest BCUT2D eigenvalue weighted by molar-refractivity contribution is 5.95. The second-order valence-corrected chi connectivity index (χ2v) is 9.64. The van der Waals surface area contributed by atoms with Crippen LogP contribution in [-0.4, -0.2) is 34.8 Å². The molecule has 1 N–H and O–H groups in total. The number of aromatic nitrogens is 1. The summed E-state index contributed by atoms with van der Waals surface area (Å²) < 4.78 is 0. The van der Waals surface area contributed by atoms with Crippen LogP contribution in [0.15, 0.2) is 109 Å². The van der Waals surface area contributed by atoms with Crippen molar-refractivity contribution in [2.24, 2.45) is 0 Å². The van der Waals surface area contributed by atoms with Crippen LogP contribution in [0.3, 0.4) is 0 Å². The van der Waals surface area contributed by atoms with Crippen LogP contribution in [-0.2, 0) is 10.2 Å². The SMILES string of the molecule is C[C@H](NC(=O)C1(c2ccccc2)CCN(C(=O)c2ccc(-c3ccccn3)cc2)CC1)c1ccccc1. The lowest BCUT2D eigenvalue weighted by Crippen LogP contribution is -2.53. The van der Waals surface area contributed by atoms with Gasteiger partial charge < -0.3 is 10.2 Å². The zero-order valence-electron chi connectivity index (χ0n) is 21.0. The van der Waals surface area contributed by atoms with Crippen molar-refractivity contribution in [3.8, 4) is 11.3 Å². The van der Waals surface area contributed by atoms with Gasteiger partial charge in [0, 0.05) is 30.4 Å². The minimum Gasteiger partial charge on any atom is -0.349 e. The molecule has 5 nitrogen and oxygen atoms in total. The van der Waals surface area contributed by atoms with Gasteiger partial charge in [-0.1, -0.05) is 78.9 Å². The molecule has 3 aromatic carbocycles. The second kappa shape index (κ2) is 10.8. The molecule has 0 saturated carbocycles. The van der Waals surface area contributed by atoms with Crippen LogP contribution >= 0.6 is 0 Å². The Morgan fingerprint density at radius 1 is 0.811 bits per heavy atom. The number of piperidine rings is 1. The molecule has 37 heavy (non-hydrogen) atoms. The molecule has 5 heteroatoms. The van der Waals surface area contributed by atoms with Crippen molar-refractivity contribution >= 4 is 11.8 Å². The van der Waals surface area contributed by atoms with Crippen LogP contribution in [0, 0.1) is 0 Å². The van der Waals surface area contributed by atoms with E-state index in [1.54, 1.807) is 6.20 Å². The second-order valence-electron chi connectivity index (χ2n) is 9.64. The lowest BCUT2D eigenvalue weighted by Gasteiger charge is -2.41. The Bertz CT molecular complexity index is 1330. The Morgan fingerprint density at radius 3 is 2.05 bits per heavy atom. The van der Waals surface area contributed by atoms with Gasteiger partial charge in [-0.25, -0.2) is 0 Å². The van der Waals surface area contributed by atoms with Gasteiger partial charge >= 0.3 is 0 Å². The zero-order chi connectivity index (χ0) is 25.7. The first kappa shape index (κ1) is 24.4. The highest BCUT2D eigenvalue weighted by Gasteiger charge is 2.44. The van der Waals surface area contributed by atoms with Crippen molar-refractivity contribution < 1.29 is 9.59 Å². The minimum absolute atomic E-state index is 0.00713. The highest BCUT2D eigenvalue weighted by Crippen LogP contribution is 2.37. The average molecular weight is 490 g/mol. The molecule has 0 unspecified atom stereocenters. The standard InChI is InChI=1S/C32H31N3O2/c1-24(25-10-4-2-5-11-25)34-31(37)32(28-12-6-3-7-13-28)19-22-35(23-20-32)30(36)27-17-15-26(16-18-27)29-14-8-9-21-33-29/h2-18,21,24H,19-20,22-23H2,1H3,(H,34,37)/t24-/m0/s1. The fourth-order valence-corrected chi connectivity index (χ4v) is 5.16. The Morgan fingerprint density at radius 2 is 1.43 bits per heavy atom. The topological polar surface area (TPSA) is 62.3 Å². The quantitative estimate of drug-likeness (QED) is 0.372. The average Bonchev–Trinajstić information content (AvgIpc) is 2.98. The molecule has 1 aliphatic rings. The van der Waals surface area contributed by atoms with Gasteiger partial charge in [0.05, 0.1) is 17.2 Å². The molecule has 1 atom stereocenters. The maximum absolute atomic E-state index is 13.8. The molecule has 1 aromatic heterocycles. The van der Waals surface area contributed by atoms with Gasteiger partial charge in [-0.2, -0.15) is 0 Å². The van der Waals surface area contributed by atoms with Crippen LogP contribution in [0.4, 0.5) is 0 Å². The summed E-state index contributed by atoms with van der Waals surface area (Å²) in [6.45, 7) is 3.05. The summed E-state index contributed by atoms with van der Waals surface area (Å²) in [5.74, 6) is 0.00848. The first-order valence-electron chi connectivity index (χ1n) is 12.8. The van der Waals surface area contributed by atoms with Gasteiger partial charge in [0.25, 0.3) is 5.91 Å². The third kappa shape index (κ3) is 5.17. The molecule has 1 saturated heterocycles. The molecule has 0 aliphatic carbocycles. The summed E-state index contributed by atoms with van der Waals surface area (Å²) in [4.78, 5) is 33.4. The number of likely N-dealkylation sites (tertiary alicyclic amines) is 1. The molecule has 0 radical (unpaired) electrons. The van der Waals surface area contributed by atoms with Gasteiger partial charge in [0.15, 0.2) is 0 Å². The maximum atomic E-state index is 13.8. The van der Waals surface area contributed by atoms with Gasteiger partial charge in [-0.3, -0.25) is 14.6 Å². The zero-order valence-corrected chi connectivity index (χ0v) is 21.0. The predicted molar refractivity (Wildman–Crippen MR) is 146 cm³/mol. The number of rotatable bonds is 6. The molecule has 1 fully saturated rings. The molecule has 4 aromatic rings. The largest absolute Gasteiger partial charge is 0.349 e. The molecular weight excluding hydrogens is 458 g/mol. The van der Waals surface area contributed by atoms with E-state index < -0.39 is 5.41 Å². The van der Waals surface area contributed by atoms with Gasteiger partial charge in [-0.05, 0) is 55.2 Å². The summed E-state index contributed by atoms with van der Waals surface area (Å²) >= 11 is 0. The third-order valence-electron chi connectivity index (χ3n) is 7.40. The van der Waals surface area contributed by atoms with E-state index in [0.717, 1.165) is 22.4 Å². The molecule has 186 valence electrons. The van der Waals surface area contributed by atoms with E-state index in [4.69, 9.17) is 0 Å². The van der Waals surface area contributed by atoms with Crippen LogP contribution in [0.25, 0.3) is 11.3 Å². The Labute approximate surface area is 218 Å². The first-order valence-corrected chi connectivity index (χ1v) is 12.8. The molecule has 0 spiro atoms. The number of pyridine rings is 1. The van der Waals surface area contributed by atoms with Gasteiger partial charge in [0.2, 0.25) is 5.91 Å². The number of hydrogen-bond acceptors (Lipinski definition) is 3. The Hall–Kier alpha value is -4.25. The van der Waals surface area contributed by atoms with Crippen LogP contribution in [0.2, 0.25) is 0 Å². The van der Waals surface area contributed by atoms with Crippen molar-refractivity contribution in [1.82, 2.24) is 15.2 Å². The first-order chi connectivity index (χ1) is 18.1. The summed E-state index contributed by atoms with van der Waals surface area (Å²) in [5.41, 5.74) is 3.89. The van der Waals surface area contributed by atoms with E-state index in [1.165, 1.54) is 0 Å². The number of carbonyl (C=O) groups excluding carboxylic acids is 2. The van der Waals surface area contributed by atoms with E-state index >= 15 is 0 Å². The Balaban J connectivity index is 1.32. The molecule has 2 amide bonds. The summed E-state index contributed by atoms with van der Waals surface area (Å²) in [7, 11) is 0. The molecule has 1 aliphatic heterocycles. The third-order valence-corrected chi connectivity index (χ3v) is 7.40. The van der Waals surface area contributed by atoms with Crippen molar-refractivity contribution in [3.05, 3.63) is 126 Å². The minimum atomic E-state index is -0.677. The summed E-state index contributed by atoms with van der Waals surface area (Å²) in [5, 5.41) is 3.25. The lowest BCUT2D eigenvalue weighted by atomic mass is 9.71. The van der Waals surface area contributed by atoms with Crippen molar-refractivity contribution in [2.75, 3.05) is 13.1 Å². The monoisotopic (exact) mass is 489 g/mol. The lowest BCUT2D eigenvalue weighted by molar-refractivity contribution is -0.129. The molecular formula is C32H31N3O2. The number of hydrogen-bond donors (Lipinski definition) is 1. The highest BCUT2D eigenvalue weighted by atomic mass is 16.2. The van der Waals surface area contributed by atoms with Crippen LogP contribution in [0.5, 0.6) is 0 Å². The van der Waals surface area contributed by atoms with Gasteiger partial charge in [-0.15, -0.1) is 0 Å². The summed E-state index contributed by atoms with van der Waals surface area (Å²) in [6.07, 6.45) is 2.90. The number of nitrogens with one attached hydrogen (secondary N) is 1. The number of amides is 2. The number of nitrogens with zero attached hydrogens (tertiary/aromatic N) is 2. The van der Waals surface area contributed by atoms with E-state index in [1.807, 2.05) is 115 Å².